The molecule has 0 aromatic heterocycles. The maximum atomic E-state index is 12.9. The summed E-state index contributed by atoms with van der Waals surface area (Å²) in [6.45, 7) is 4.79. The van der Waals surface area contributed by atoms with Crippen LogP contribution in [-0.2, 0) is 14.8 Å². The van der Waals surface area contributed by atoms with Crippen LogP contribution in [0.25, 0.3) is 0 Å². The van der Waals surface area contributed by atoms with Crippen LogP contribution in [0.5, 0.6) is 0 Å². The van der Waals surface area contributed by atoms with Crippen molar-refractivity contribution in [1.82, 2.24) is 10.2 Å². The molecule has 0 aliphatic carbocycles. The second-order valence-electron chi connectivity index (χ2n) is 8.13. The SMILES string of the molecule is CC(C)C(=O)N1CCC(NC(=O)c2ccccc2NS(=O)(=O)c2cccc([N+](=O)[O-])c2)CC1. The number of non-ortho nitro benzene ring substituents is 1. The number of nitrogens with zero attached hydrogens (tertiary/aromatic N) is 2. The van der Waals surface area contributed by atoms with Crippen LogP contribution in [0.3, 0.4) is 0 Å². The molecule has 0 bridgehead atoms. The zero-order valence-electron chi connectivity index (χ0n) is 18.4. The van der Waals surface area contributed by atoms with Crippen LogP contribution in [0.15, 0.2) is 53.4 Å². The number of nitro benzene ring substituents is 1. The summed E-state index contributed by atoms with van der Waals surface area (Å²) >= 11 is 0. The van der Waals surface area contributed by atoms with Gasteiger partial charge in [0.05, 0.1) is 21.1 Å². The molecule has 0 saturated carbocycles. The number of para-hydroxylation sites is 1. The van der Waals surface area contributed by atoms with Crippen molar-refractivity contribution in [3.63, 3.8) is 0 Å². The molecule has 1 heterocycles. The first-order valence-electron chi connectivity index (χ1n) is 10.5. The second kappa shape index (κ2) is 9.99. The van der Waals surface area contributed by atoms with E-state index in [0.29, 0.717) is 25.9 Å². The molecule has 176 valence electrons. The Bertz CT molecular complexity index is 1160. The Hall–Kier alpha value is -3.47. The quantitative estimate of drug-likeness (QED) is 0.467. The van der Waals surface area contributed by atoms with Crippen LogP contribution < -0.4 is 10.0 Å². The van der Waals surface area contributed by atoms with Gasteiger partial charge in [0.15, 0.2) is 0 Å². The lowest BCUT2D eigenvalue weighted by molar-refractivity contribution is -0.385. The summed E-state index contributed by atoms with van der Waals surface area (Å²) in [6.07, 6.45) is 1.21. The van der Waals surface area contributed by atoms with E-state index in [1.54, 1.807) is 17.0 Å². The molecule has 3 rings (SSSR count). The van der Waals surface area contributed by atoms with Crippen LogP contribution >= 0.6 is 0 Å². The third kappa shape index (κ3) is 5.86. The second-order valence-corrected chi connectivity index (χ2v) is 9.82. The van der Waals surface area contributed by atoms with Gasteiger partial charge in [-0.15, -0.1) is 0 Å². The van der Waals surface area contributed by atoms with Gasteiger partial charge in [0, 0.05) is 37.2 Å². The Morgan fingerprint density at radius 1 is 1.09 bits per heavy atom. The Kier molecular flexibility index (Phi) is 7.32. The Balaban J connectivity index is 1.72. The Morgan fingerprint density at radius 2 is 1.76 bits per heavy atom. The van der Waals surface area contributed by atoms with E-state index >= 15 is 0 Å². The summed E-state index contributed by atoms with van der Waals surface area (Å²) in [5, 5.41) is 13.9. The van der Waals surface area contributed by atoms with Gasteiger partial charge in [-0.25, -0.2) is 8.42 Å². The Labute approximate surface area is 192 Å². The van der Waals surface area contributed by atoms with E-state index in [0.717, 1.165) is 6.07 Å². The van der Waals surface area contributed by atoms with Crippen LogP contribution in [0, 0.1) is 16.0 Å². The third-order valence-corrected chi connectivity index (χ3v) is 6.75. The van der Waals surface area contributed by atoms with Crippen molar-refractivity contribution in [2.24, 2.45) is 5.92 Å². The fourth-order valence-corrected chi connectivity index (χ4v) is 4.73. The molecule has 33 heavy (non-hydrogen) atoms. The number of hydrogen-bond acceptors (Lipinski definition) is 6. The molecule has 0 atom stereocenters. The smallest absolute Gasteiger partial charge is 0.270 e. The van der Waals surface area contributed by atoms with Gasteiger partial charge in [-0.05, 0) is 31.0 Å². The normalized spacial score (nSPS) is 14.7. The van der Waals surface area contributed by atoms with Crippen molar-refractivity contribution in [1.29, 1.82) is 0 Å². The molecule has 1 fully saturated rings. The largest absolute Gasteiger partial charge is 0.349 e. The Morgan fingerprint density at radius 3 is 2.39 bits per heavy atom. The van der Waals surface area contributed by atoms with E-state index in [9.17, 15) is 28.1 Å². The standard InChI is InChI=1S/C22H26N4O6S/c1-15(2)22(28)25-12-10-16(11-13-25)23-21(27)19-8-3-4-9-20(19)24-33(31,32)18-7-5-6-17(14-18)26(29)30/h3-9,14-16,24H,10-13H2,1-2H3,(H,23,27). The highest BCUT2D eigenvalue weighted by atomic mass is 32.2. The average molecular weight is 475 g/mol. The van der Waals surface area contributed by atoms with Crippen LogP contribution in [0.4, 0.5) is 11.4 Å². The predicted octanol–water partition coefficient (Wildman–Crippen LogP) is 2.77. The summed E-state index contributed by atoms with van der Waals surface area (Å²) in [6, 6.07) is 10.7. The molecule has 2 aromatic carbocycles. The number of nitrogens with one attached hydrogen (secondary N) is 2. The van der Waals surface area contributed by atoms with Crippen molar-refractivity contribution in [3.8, 4) is 0 Å². The van der Waals surface area contributed by atoms with Crippen molar-refractivity contribution in [2.75, 3.05) is 17.8 Å². The lowest BCUT2D eigenvalue weighted by atomic mass is 10.0. The number of sulfonamides is 1. The molecule has 10 nitrogen and oxygen atoms in total. The van der Waals surface area contributed by atoms with Crippen LogP contribution in [-0.4, -0.2) is 49.2 Å². The van der Waals surface area contributed by atoms with E-state index in [4.69, 9.17) is 0 Å². The first-order chi connectivity index (χ1) is 15.6. The van der Waals surface area contributed by atoms with Gasteiger partial charge in [0.1, 0.15) is 0 Å². The topological polar surface area (TPSA) is 139 Å². The molecule has 0 unspecified atom stereocenters. The lowest BCUT2D eigenvalue weighted by Gasteiger charge is -2.33. The van der Waals surface area contributed by atoms with Crippen molar-refractivity contribution < 1.29 is 22.9 Å². The molecule has 1 saturated heterocycles. The summed E-state index contributed by atoms with van der Waals surface area (Å²) < 4.78 is 27.9. The first-order valence-corrected chi connectivity index (χ1v) is 12.0. The zero-order chi connectivity index (χ0) is 24.2. The molecule has 2 amide bonds. The number of piperidine rings is 1. The number of hydrogen-bond donors (Lipinski definition) is 2. The number of anilines is 1. The van der Waals surface area contributed by atoms with Gasteiger partial charge in [0.25, 0.3) is 21.6 Å². The van der Waals surface area contributed by atoms with Gasteiger partial charge < -0.3 is 10.2 Å². The van der Waals surface area contributed by atoms with Gasteiger partial charge in [-0.3, -0.25) is 24.4 Å². The van der Waals surface area contributed by atoms with E-state index in [1.807, 2.05) is 13.8 Å². The molecule has 1 aliphatic rings. The zero-order valence-corrected chi connectivity index (χ0v) is 19.2. The third-order valence-electron chi connectivity index (χ3n) is 5.39. The molecule has 0 spiro atoms. The number of carbonyl (C=O) groups excluding carboxylic acids is 2. The fraction of sp³-hybridized carbons (Fsp3) is 0.364. The number of rotatable bonds is 7. The minimum atomic E-state index is -4.16. The minimum Gasteiger partial charge on any atom is -0.349 e. The highest BCUT2D eigenvalue weighted by Gasteiger charge is 2.26. The van der Waals surface area contributed by atoms with Crippen molar-refractivity contribution in [2.45, 2.75) is 37.6 Å². The fourth-order valence-electron chi connectivity index (χ4n) is 3.61. The predicted molar refractivity (Wildman–Crippen MR) is 122 cm³/mol. The number of nitro groups is 1. The number of likely N-dealkylation sites (tertiary alicyclic amines) is 1. The van der Waals surface area contributed by atoms with Crippen molar-refractivity contribution >= 4 is 33.2 Å². The number of carbonyl (C=O) groups is 2. The molecule has 2 N–H and O–H groups in total. The van der Waals surface area contributed by atoms with Gasteiger partial charge in [-0.1, -0.05) is 32.0 Å². The lowest BCUT2D eigenvalue weighted by Crippen LogP contribution is -2.47. The molecular formula is C22H26N4O6S. The van der Waals surface area contributed by atoms with Crippen molar-refractivity contribution in [3.05, 3.63) is 64.2 Å². The van der Waals surface area contributed by atoms with Gasteiger partial charge in [0.2, 0.25) is 5.91 Å². The first kappa shape index (κ1) is 24.2. The maximum absolute atomic E-state index is 12.9. The molecule has 2 aromatic rings. The monoisotopic (exact) mass is 474 g/mol. The number of amides is 2. The van der Waals surface area contributed by atoms with E-state index in [-0.39, 0.29) is 39.7 Å². The summed E-state index contributed by atoms with van der Waals surface area (Å²) in [5.41, 5.74) is -0.160. The molecule has 1 aliphatic heterocycles. The minimum absolute atomic E-state index is 0.0638. The molecular weight excluding hydrogens is 448 g/mol. The highest BCUT2D eigenvalue weighted by Crippen LogP contribution is 2.23. The summed E-state index contributed by atoms with van der Waals surface area (Å²) in [4.78, 5) is 36.8. The van der Waals surface area contributed by atoms with Gasteiger partial charge in [-0.2, -0.15) is 0 Å². The molecule has 11 heteroatoms. The van der Waals surface area contributed by atoms with Crippen LogP contribution in [0.1, 0.15) is 37.0 Å². The molecule has 0 radical (unpaired) electrons. The highest BCUT2D eigenvalue weighted by molar-refractivity contribution is 7.92. The average Bonchev–Trinajstić information content (AvgIpc) is 2.79. The summed E-state index contributed by atoms with van der Waals surface area (Å²) in [5.74, 6) is -0.441. The van der Waals surface area contributed by atoms with E-state index in [1.165, 1.54) is 30.3 Å². The maximum Gasteiger partial charge on any atom is 0.270 e. The van der Waals surface area contributed by atoms with Crippen LogP contribution in [0.2, 0.25) is 0 Å². The van der Waals surface area contributed by atoms with Gasteiger partial charge >= 0.3 is 0 Å². The van der Waals surface area contributed by atoms with E-state index in [2.05, 4.69) is 10.0 Å². The van der Waals surface area contributed by atoms with E-state index < -0.39 is 20.9 Å². The number of benzene rings is 2. The summed E-state index contributed by atoms with van der Waals surface area (Å²) in [7, 11) is -4.16.